The van der Waals surface area contributed by atoms with Crippen molar-refractivity contribution in [1.82, 2.24) is 24.7 Å². The minimum absolute atomic E-state index is 0.000204. The Bertz CT molecular complexity index is 1370. The van der Waals surface area contributed by atoms with Gasteiger partial charge in [0, 0.05) is 55.6 Å². The summed E-state index contributed by atoms with van der Waals surface area (Å²) in [5.41, 5.74) is 2.64. The van der Waals surface area contributed by atoms with Crippen LogP contribution in [-0.2, 0) is 35.3 Å². The van der Waals surface area contributed by atoms with Crippen molar-refractivity contribution in [2.24, 2.45) is 5.41 Å². The van der Waals surface area contributed by atoms with Crippen LogP contribution >= 0.6 is 11.3 Å². The number of hydrogen-bond donors (Lipinski definition) is 1. The molecule has 2 aromatic heterocycles. The number of pyridine rings is 1. The number of urea groups is 1. The van der Waals surface area contributed by atoms with E-state index < -0.39 is 35.8 Å². The molecule has 0 atom stereocenters. The first-order valence-electron chi connectivity index (χ1n) is 12.7. The molecule has 2 aromatic rings. The van der Waals surface area contributed by atoms with Gasteiger partial charge in [0.2, 0.25) is 5.91 Å². The highest BCUT2D eigenvalue weighted by atomic mass is 32.1. The summed E-state index contributed by atoms with van der Waals surface area (Å²) < 4.78 is 45.1. The average molecular weight is 579 g/mol. The van der Waals surface area contributed by atoms with Gasteiger partial charge >= 0.3 is 18.3 Å². The van der Waals surface area contributed by atoms with Crippen LogP contribution < -0.4 is 5.32 Å². The number of anilines is 1. The first kappa shape index (κ1) is 27.9. The second-order valence-electron chi connectivity index (χ2n) is 11.1. The maximum Gasteiger partial charge on any atom is 0.417 e. The van der Waals surface area contributed by atoms with E-state index in [1.807, 2.05) is 0 Å². The number of nitrogens with one attached hydrogen (secondary N) is 1. The minimum atomic E-state index is -4.65. The Morgan fingerprint density at radius 2 is 1.68 bits per heavy atom. The Labute approximate surface area is 232 Å². The van der Waals surface area contributed by atoms with Crippen LogP contribution in [0.5, 0.6) is 0 Å². The molecule has 0 saturated heterocycles. The summed E-state index contributed by atoms with van der Waals surface area (Å²) in [7, 11) is 0. The number of halogens is 3. The SMILES string of the molecule is CC(C)(C)C(=O)Nc1cc(C(F)(F)F)cnc1COC(=O)N1CC2=C(C1)CN(C(=O)N1CCc3scnc3C1)C2. The van der Waals surface area contributed by atoms with Gasteiger partial charge in [-0.05, 0) is 17.2 Å². The van der Waals surface area contributed by atoms with Crippen molar-refractivity contribution >= 4 is 35.1 Å². The zero-order valence-corrected chi connectivity index (χ0v) is 23.1. The molecule has 0 saturated carbocycles. The van der Waals surface area contributed by atoms with Crippen molar-refractivity contribution in [3.63, 3.8) is 0 Å². The van der Waals surface area contributed by atoms with E-state index in [4.69, 9.17) is 4.74 Å². The minimum Gasteiger partial charge on any atom is -0.443 e. The molecule has 10 nitrogen and oxygen atoms in total. The third-order valence-electron chi connectivity index (χ3n) is 7.06. The van der Waals surface area contributed by atoms with Gasteiger partial charge in [-0.15, -0.1) is 11.3 Å². The lowest BCUT2D eigenvalue weighted by atomic mass is 9.95. The summed E-state index contributed by atoms with van der Waals surface area (Å²) in [6.07, 6.45) is -3.88. The molecule has 40 heavy (non-hydrogen) atoms. The highest BCUT2D eigenvalue weighted by molar-refractivity contribution is 7.09. The molecule has 0 spiro atoms. The molecule has 14 heteroatoms. The van der Waals surface area contributed by atoms with Gasteiger partial charge < -0.3 is 24.8 Å². The maximum absolute atomic E-state index is 13.3. The van der Waals surface area contributed by atoms with E-state index in [9.17, 15) is 27.6 Å². The van der Waals surface area contributed by atoms with Gasteiger partial charge in [0.05, 0.1) is 29.0 Å². The lowest BCUT2D eigenvalue weighted by Crippen LogP contribution is -2.45. The molecule has 5 rings (SSSR count). The number of fused-ring (bicyclic) bond motifs is 1. The van der Waals surface area contributed by atoms with Gasteiger partial charge in [-0.2, -0.15) is 13.2 Å². The number of hydrogen-bond acceptors (Lipinski definition) is 7. The molecule has 3 aliphatic heterocycles. The van der Waals surface area contributed by atoms with E-state index in [2.05, 4.69) is 15.3 Å². The second kappa shape index (κ2) is 10.4. The van der Waals surface area contributed by atoms with Gasteiger partial charge in [-0.25, -0.2) is 14.6 Å². The highest BCUT2D eigenvalue weighted by Crippen LogP contribution is 2.33. The molecule has 1 N–H and O–H groups in total. The van der Waals surface area contributed by atoms with Crippen LogP contribution in [0, 0.1) is 5.41 Å². The molecule has 0 fully saturated rings. The molecule has 0 radical (unpaired) electrons. The van der Waals surface area contributed by atoms with Crippen LogP contribution in [0.3, 0.4) is 0 Å². The van der Waals surface area contributed by atoms with Gasteiger partial charge in [0.1, 0.15) is 12.3 Å². The number of alkyl halides is 3. The first-order chi connectivity index (χ1) is 18.8. The van der Waals surface area contributed by atoms with Gasteiger partial charge in [0.15, 0.2) is 0 Å². The van der Waals surface area contributed by atoms with E-state index in [0.717, 1.165) is 29.3 Å². The molecule has 0 aliphatic carbocycles. The molecule has 5 heterocycles. The normalized spacial score (nSPS) is 17.2. The molecule has 214 valence electrons. The highest BCUT2D eigenvalue weighted by Gasteiger charge is 2.37. The molecular weight excluding hydrogens is 549 g/mol. The Morgan fingerprint density at radius 1 is 1.00 bits per heavy atom. The maximum atomic E-state index is 13.3. The van der Waals surface area contributed by atoms with Crippen molar-refractivity contribution in [3.05, 3.63) is 50.7 Å². The largest absolute Gasteiger partial charge is 0.443 e. The lowest BCUT2D eigenvalue weighted by Gasteiger charge is -2.31. The van der Waals surface area contributed by atoms with Crippen LogP contribution in [0.15, 0.2) is 28.9 Å². The third-order valence-corrected chi connectivity index (χ3v) is 8.00. The fourth-order valence-corrected chi connectivity index (χ4v) is 5.50. The first-order valence-corrected chi connectivity index (χ1v) is 13.6. The second-order valence-corrected chi connectivity index (χ2v) is 12.0. The van der Waals surface area contributed by atoms with E-state index in [-0.39, 0.29) is 17.4 Å². The predicted molar refractivity (Wildman–Crippen MR) is 139 cm³/mol. The van der Waals surface area contributed by atoms with E-state index in [1.165, 1.54) is 9.78 Å². The summed E-state index contributed by atoms with van der Waals surface area (Å²) in [6.45, 7) is 7.02. The van der Waals surface area contributed by atoms with Crippen molar-refractivity contribution in [1.29, 1.82) is 0 Å². The predicted octanol–water partition coefficient (Wildman–Crippen LogP) is 4.28. The van der Waals surface area contributed by atoms with Gasteiger partial charge in [-0.3, -0.25) is 9.78 Å². The Kier molecular flexibility index (Phi) is 7.23. The van der Waals surface area contributed by atoms with Crippen LogP contribution in [0.25, 0.3) is 0 Å². The third kappa shape index (κ3) is 5.76. The van der Waals surface area contributed by atoms with Crippen molar-refractivity contribution < 1.29 is 32.3 Å². The summed E-state index contributed by atoms with van der Waals surface area (Å²) in [5, 5.41) is 2.48. The van der Waals surface area contributed by atoms with Gasteiger partial charge in [0.25, 0.3) is 0 Å². The smallest absolute Gasteiger partial charge is 0.417 e. The molecule has 0 bridgehead atoms. The van der Waals surface area contributed by atoms with E-state index in [1.54, 1.807) is 47.4 Å². The Hall–Kier alpha value is -3.68. The van der Waals surface area contributed by atoms with Crippen LogP contribution in [0.1, 0.15) is 42.6 Å². The summed E-state index contributed by atoms with van der Waals surface area (Å²) in [6, 6.07) is 0.731. The number of nitrogens with zero attached hydrogens (tertiary/aromatic N) is 5. The van der Waals surface area contributed by atoms with E-state index in [0.29, 0.717) is 45.5 Å². The van der Waals surface area contributed by atoms with Crippen LogP contribution in [0.4, 0.5) is 28.4 Å². The summed E-state index contributed by atoms with van der Waals surface area (Å²) >= 11 is 1.61. The molecule has 0 unspecified atom stereocenters. The monoisotopic (exact) mass is 578 g/mol. The standard InChI is InChI=1S/C26H29F3N6O4S/c1-25(2,3)22(36)32-18-6-17(26(27,28)29)7-30-20(18)13-39-24(38)35-10-15-8-34(9-16(15)11-35)23(37)33-5-4-21-19(12-33)31-14-40-21/h6-7,14H,4-5,8-13H2,1-3H3,(H,32,36). The van der Waals surface area contributed by atoms with Crippen molar-refractivity contribution in [2.45, 2.75) is 46.5 Å². The van der Waals surface area contributed by atoms with Crippen molar-refractivity contribution in [2.75, 3.05) is 38.0 Å². The topological polar surface area (TPSA) is 108 Å². The lowest BCUT2D eigenvalue weighted by molar-refractivity contribution is -0.137. The number of aromatic nitrogens is 2. The number of amides is 4. The molecule has 3 aliphatic rings. The van der Waals surface area contributed by atoms with Crippen LogP contribution in [0.2, 0.25) is 0 Å². The average Bonchev–Trinajstić information content (AvgIpc) is 3.60. The van der Waals surface area contributed by atoms with E-state index >= 15 is 0 Å². The zero-order valence-electron chi connectivity index (χ0n) is 22.3. The Morgan fingerprint density at radius 3 is 2.33 bits per heavy atom. The fourth-order valence-electron chi connectivity index (χ4n) is 4.73. The van der Waals surface area contributed by atoms with Crippen LogP contribution in [-0.4, -0.2) is 75.4 Å². The number of ether oxygens (including phenoxy) is 1. The number of rotatable bonds is 3. The number of carbonyl (C=O) groups excluding carboxylic acids is 3. The van der Waals surface area contributed by atoms with Gasteiger partial charge in [-0.1, -0.05) is 20.8 Å². The van der Waals surface area contributed by atoms with Crippen molar-refractivity contribution in [3.8, 4) is 0 Å². The molecule has 0 aromatic carbocycles. The fraction of sp³-hybridized carbons (Fsp3) is 0.500. The number of thiazole rings is 1. The molecular formula is C26H29F3N6O4S. The zero-order chi connectivity index (χ0) is 28.8. The summed E-state index contributed by atoms with van der Waals surface area (Å²) in [4.78, 5) is 52.8. The number of carbonyl (C=O) groups is 3. The quantitative estimate of drug-likeness (QED) is 0.545. The summed E-state index contributed by atoms with van der Waals surface area (Å²) in [5.74, 6) is -0.503. The Balaban J connectivity index is 1.16. The molecule has 4 amide bonds.